The maximum absolute atomic E-state index is 12.9. The van der Waals surface area contributed by atoms with Crippen molar-refractivity contribution in [2.45, 2.75) is 90.9 Å². The molecule has 0 N–H and O–H groups in total. The van der Waals surface area contributed by atoms with Crippen molar-refractivity contribution in [3.05, 3.63) is 35.4 Å². The van der Waals surface area contributed by atoms with Crippen LogP contribution < -0.4 is 0 Å². The third-order valence-corrected chi connectivity index (χ3v) is 7.43. The Hall–Kier alpha value is -2.10. The van der Waals surface area contributed by atoms with Crippen LogP contribution >= 0.6 is 0 Å². The molecular formula is C26H34O4. The molecule has 0 spiro atoms. The second kappa shape index (κ2) is 9.36. The number of benzene rings is 1. The molecule has 2 aliphatic rings. The summed E-state index contributed by atoms with van der Waals surface area (Å²) in [6.45, 7) is 3.09. The van der Waals surface area contributed by atoms with Gasteiger partial charge in [-0.05, 0) is 63.5 Å². The minimum Gasteiger partial charge on any atom is -0.299 e. The number of carbonyl (C=O) groups is 4. The highest BCUT2D eigenvalue weighted by Crippen LogP contribution is 2.39. The Balaban J connectivity index is 1.90. The van der Waals surface area contributed by atoms with Crippen molar-refractivity contribution in [3.63, 3.8) is 0 Å². The van der Waals surface area contributed by atoms with Gasteiger partial charge in [0.15, 0.2) is 0 Å². The summed E-state index contributed by atoms with van der Waals surface area (Å²) in [5, 5.41) is 0. The first-order valence-corrected chi connectivity index (χ1v) is 11.5. The lowest BCUT2D eigenvalue weighted by atomic mass is 9.70. The molecule has 1 aromatic rings. The molecule has 3 rings (SSSR count). The molecule has 0 aromatic heterocycles. The Bertz CT molecular complexity index is 774. The fourth-order valence-electron chi connectivity index (χ4n) is 5.45. The molecular weight excluding hydrogens is 376 g/mol. The molecule has 4 heteroatoms. The summed E-state index contributed by atoms with van der Waals surface area (Å²) in [6, 6.07) is 7.85. The van der Waals surface area contributed by atoms with Gasteiger partial charge < -0.3 is 0 Å². The van der Waals surface area contributed by atoms with Crippen molar-refractivity contribution in [2.24, 2.45) is 10.8 Å². The van der Waals surface area contributed by atoms with E-state index in [9.17, 15) is 19.2 Å². The molecule has 1 aromatic carbocycles. The van der Waals surface area contributed by atoms with Crippen molar-refractivity contribution in [1.82, 2.24) is 0 Å². The summed E-state index contributed by atoms with van der Waals surface area (Å²) in [6.07, 6.45) is 8.49. The maximum atomic E-state index is 12.9. The van der Waals surface area contributed by atoms with Gasteiger partial charge in [-0.3, -0.25) is 19.2 Å². The molecule has 162 valence electrons. The van der Waals surface area contributed by atoms with Crippen LogP contribution in [-0.2, 0) is 32.0 Å². The lowest BCUT2D eigenvalue weighted by Crippen LogP contribution is -2.40. The van der Waals surface area contributed by atoms with Gasteiger partial charge in [0.25, 0.3) is 0 Å². The van der Waals surface area contributed by atoms with Gasteiger partial charge in [-0.2, -0.15) is 0 Å². The first-order chi connectivity index (χ1) is 14.3. The highest BCUT2D eigenvalue weighted by molar-refractivity contribution is 6.07. The van der Waals surface area contributed by atoms with E-state index in [0.29, 0.717) is 38.5 Å². The molecule has 2 atom stereocenters. The van der Waals surface area contributed by atoms with Crippen LogP contribution in [0, 0.1) is 10.8 Å². The normalized spacial score (nSPS) is 27.9. The Morgan fingerprint density at radius 3 is 1.57 bits per heavy atom. The van der Waals surface area contributed by atoms with E-state index in [4.69, 9.17) is 0 Å². The second-order valence-electron chi connectivity index (χ2n) is 9.42. The summed E-state index contributed by atoms with van der Waals surface area (Å²) >= 11 is 0. The van der Waals surface area contributed by atoms with Crippen molar-refractivity contribution in [2.75, 3.05) is 0 Å². The number of carbonyl (C=O) groups excluding carboxylic acids is 4. The minimum atomic E-state index is -0.925. The number of Topliss-reactive ketones (excluding diaryl/α,β-unsaturated/α-hetero) is 4. The molecule has 0 saturated heterocycles. The number of hydrogen-bond donors (Lipinski definition) is 0. The van der Waals surface area contributed by atoms with Crippen LogP contribution in [0.15, 0.2) is 24.3 Å². The van der Waals surface area contributed by atoms with Crippen molar-refractivity contribution >= 4 is 23.1 Å². The highest BCUT2D eigenvalue weighted by atomic mass is 16.2. The smallest absolute Gasteiger partial charge is 0.146 e. The Labute approximate surface area is 179 Å². The van der Waals surface area contributed by atoms with Crippen LogP contribution in [0.2, 0.25) is 0 Å². The quantitative estimate of drug-likeness (QED) is 0.489. The number of ketones is 4. The van der Waals surface area contributed by atoms with Crippen LogP contribution in [0.4, 0.5) is 0 Å². The van der Waals surface area contributed by atoms with Crippen LogP contribution in [0.25, 0.3) is 0 Å². The molecule has 0 amide bonds. The van der Waals surface area contributed by atoms with Crippen molar-refractivity contribution < 1.29 is 19.2 Å². The lowest BCUT2D eigenvalue weighted by molar-refractivity contribution is -0.141. The lowest BCUT2D eigenvalue weighted by Gasteiger charge is -2.30. The molecule has 30 heavy (non-hydrogen) atoms. The third-order valence-electron chi connectivity index (χ3n) is 7.43. The van der Waals surface area contributed by atoms with E-state index >= 15 is 0 Å². The molecule has 2 aliphatic carbocycles. The number of rotatable bonds is 6. The van der Waals surface area contributed by atoms with E-state index in [1.807, 2.05) is 24.3 Å². The first-order valence-electron chi connectivity index (χ1n) is 11.5. The predicted molar refractivity (Wildman–Crippen MR) is 116 cm³/mol. The highest BCUT2D eigenvalue weighted by Gasteiger charge is 2.44. The summed E-state index contributed by atoms with van der Waals surface area (Å²) in [5.41, 5.74) is 0.0345. The summed E-state index contributed by atoms with van der Waals surface area (Å²) in [5.74, 6) is 0.0482. The van der Waals surface area contributed by atoms with Gasteiger partial charge in [0.1, 0.15) is 23.1 Å². The average Bonchev–Trinajstić information content (AvgIpc) is 3.00. The van der Waals surface area contributed by atoms with Gasteiger partial charge in [0.2, 0.25) is 0 Å². The molecule has 0 heterocycles. The van der Waals surface area contributed by atoms with E-state index < -0.39 is 10.8 Å². The molecule has 0 bridgehead atoms. The van der Waals surface area contributed by atoms with Gasteiger partial charge in [-0.25, -0.2) is 0 Å². The third kappa shape index (κ3) is 4.48. The zero-order valence-electron chi connectivity index (χ0n) is 18.4. The van der Waals surface area contributed by atoms with Crippen LogP contribution in [0.3, 0.4) is 0 Å². The summed E-state index contributed by atoms with van der Waals surface area (Å²) in [4.78, 5) is 51.0. The van der Waals surface area contributed by atoms with Gasteiger partial charge >= 0.3 is 0 Å². The standard InChI is InChI=1S/C26H34O4/c1-19(27)25(14-7-3-5-12-23(25)29)17-21-10-9-11-22(16-21)18-26(20(2)28)15-8-4-6-13-24(26)30/h9-11,16H,3-8,12-15,17-18H2,1-2H3/t25-,26?/m1/s1. The fraction of sp³-hybridized carbons (Fsp3) is 0.615. The van der Waals surface area contributed by atoms with Gasteiger partial charge in [0.05, 0.1) is 10.8 Å². The number of hydrogen-bond acceptors (Lipinski definition) is 4. The van der Waals surface area contributed by atoms with Gasteiger partial charge in [0, 0.05) is 12.8 Å². The first kappa shape index (κ1) is 22.6. The zero-order valence-corrected chi connectivity index (χ0v) is 18.4. The Morgan fingerprint density at radius 2 is 1.17 bits per heavy atom. The second-order valence-corrected chi connectivity index (χ2v) is 9.42. The molecule has 0 radical (unpaired) electrons. The molecule has 2 saturated carbocycles. The van der Waals surface area contributed by atoms with Gasteiger partial charge in [-0.1, -0.05) is 49.9 Å². The van der Waals surface area contributed by atoms with E-state index in [1.165, 1.54) is 0 Å². The van der Waals surface area contributed by atoms with Gasteiger partial charge in [-0.15, -0.1) is 0 Å². The van der Waals surface area contributed by atoms with Crippen molar-refractivity contribution in [1.29, 1.82) is 0 Å². The monoisotopic (exact) mass is 410 g/mol. The van der Waals surface area contributed by atoms with E-state index in [0.717, 1.165) is 49.7 Å². The fourth-order valence-corrected chi connectivity index (χ4v) is 5.45. The Morgan fingerprint density at radius 1 is 0.733 bits per heavy atom. The largest absolute Gasteiger partial charge is 0.299 e. The molecule has 0 aliphatic heterocycles. The van der Waals surface area contributed by atoms with E-state index in [1.54, 1.807) is 13.8 Å². The molecule has 2 fully saturated rings. The van der Waals surface area contributed by atoms with Crippen molar-refractivity contribution in [3.8, 4) is 0 Å². The summed E-state index contributed by atoms with van der Waals surface area (Å²) < 4.78 is 0. The van der Waals surface area contributed by atoms with Crippen LogP contribution in [0.5, 0.6) is 0 Å². The average molecular weight is 411 g/mol. The zero-order chi connectivity index (χ0) is 21.8. The van der Waals surface area contributed by atoms with E-state index in [-0.39, 0.29) is 23.1 Å². The van der Waals surface area contributed by atoms with E-state index in [2.05, 4.69) is 0 Å². The molecule has 1 unspecified atom stereocenters. The molecule has 4 nitrogen and oxygen atoms in total. The minimum absolute atomic E-state index is 0.0426. The maximum Gasteiger partial charge on any atom is 0.146 e. The topological polar surface area (TPSA) is 68.3 Å². The predicted octanol–water partition coefficient (Wildman–Crippen LogP) is 4.99. The summed E-state index contributed by atoms with van der Waals surface area (Å²) in [7, 11) is 0. The van der Waals surface area contributed by atoms with Crippen LogP contribution in [-0.4, -0.2) is 23.1 Å². The SMILES string of the molecule is CC(=O)C1(Cc2cccc(C[C@@]3(C(C)=O)CCCCCC3=O)c2)CCCCCC1=O. The van der Waals surface area contributed by atoms with Crippen LogP contribution in [0.1, 0.15) is 89.2 Å². The Kier molecular flexibility index (Phi) is 7.05.